The first-order valence-corrected chi connectivity index (χ1v) is 10.1. The van der Waals surface area contributed by atoms with Crippen LogP contribution in [0, 0.1) is 5.82 Å². The molecule has 0 aliphatic carbocycles. The van der Waals surface area contributed by atoms with Crippen LogP contribution in [0.1, 0.15) is 11.1 Å². The van der Waals surface area contributed by atoms with Crippen LogP contribution in [0.5, 0.6) is 5.75 Å². The highest BCUT2D eigenvalue weighted by Crippen LogP contribution is 2.52. The molecular formula is C21H20FOP. The fourth-order valence-electron chi connectivity index (χ4n) is 2.66. The second-order valence-corrected chi connectivity index (χ2v) is 8.82. The lowest BCUT2D eigenvalue weighted by atomic mass is 10.2. The standard InChI is InChI=1S/C21H20FOP/c1-24(16-18-8-4-2-5-9-18,23-21-10-6-3-7-11-21)17-19-12-14-20(22)15-13-19/h2-15H,1,16-17H2. The topological polar surface area (TPSA) is 9.23 Å². The Morgan fingerprint density at radius 1 is 0.708 bits per heavy atom. The molecule has 0 aliphatic heterocycles. The maximum absolute atomic E-state index is 13.2. The monoisotopic (exact) mass is 338 g/mol. The van der Waals surface area contributed by atoms with Crippen LogP contribution in [0.25, 0.3) is 0 Å². The van der Waals surface area contributed by atoms with Gasteiger partial charge < -0.3 is 4.52 Å². The van der Waals surface area contributed by atoms with Gasteiger partial charge in [-0.25, -0.2) is 4.39 Å². The molecule has 3 aromatic rings. The van der Waals surface area contributed by atoms with Gasteiger partial charge in [0.05, 0.1) is 7.11 Å². The lowest BCUT2D eigenvalue weighted by Crippen LogP contribution is -2.01. The Labute approximate surface area is 142 Å². The molecule has 0 amide bonds. The van der Waals surface area contributed by atoms with Crippen molar-refractivity contribution in [2.24, 2.45) is 0 Å². The van der Waals surface area contributed by atoms with Crippen molar-refractivity contribution in [3.8, 4) is 5.75 Å². The van der Waals surface area contributed by atoms with Gasteiger partial charge in [-0.1, -0.05) is 67.0 Å². The molecule has 24 heavy (non-hydrogen) atoms. The molecule has 0 saturated heterocycles. The van der Waals surface area contributed by atoms with E-state index in [4.69, 9.17) is 4.52 Å². The molecule has 0 bridgehead atoms. The van der Waals surface area contributed by atoms with Crippen LogP contribution >= 0.6 is 7.11 Å². The lowest BCUT2D eigenvalue weighted by molar-refractivity contribution is 0.605. The predicted molar refractivity (Wildman–Crippen MR) is 101 cm³/mol. The Bertz CT molecular complexity index is 768. The highest BCUT2D eigenvalue weighted by Gasteiger charge is 2.19. The summed E-state index contributed by atoms with van der Waals surface area (Å²) in [5.74, 6) is 0.609. The molecule has 0 aromatic heterocycles. The quantitative estimate of drug-likeness (QED) is 0.503. The SMILES string of the molecule is C=P(Cc1ccccc1)(Cc1ccc(F)cc1)Oc1ccccc1. The fraction of sp³-hybridized carbons (Fsp3) is 0.0952. The summed E-state index contributed by atoms with van der Waals surface area (Å²) in [6.45, 7) is 0. The third kappa shape index (κ3) is 4.59. The molecule has 0 radical (unpaired) electrons. The predicted octanol–water partition coefficient (Wildman–Crippen LogP) is 5.97. The van der Waals surface area contributed by atoms with Gasteiger partial charge in [-0.3, -0.25) is 0 Å². The lowest BCUT2D eigenvalue weighted by Gasteiger charge is -2.26. The molecule has 122 valence electrons. The minimum absolute atomic E-state index is 0.223. The van der Waals surface area contributed by atoms with Crippen molar-refractivity contribution in [2.75, 3.05) is 0 Å². The highest BCUT2D eigenvalue weighted by atomic mass is 31.2. The van der Waals surface area contributed by atoms with E-state index in [2.05, 4.69) is 18.4 Å². The number of hydrogen-bond donors (Lipinski definition) is 0. The van der Waals surface area contributed by atoms with E-state index in [9.17, 15) is 4.39 Å². The summed E-state index contributed by atoms with van der Waals surface area (Å²) in [6.07, 6.45) is 5.96. The van der Waals surface area contributed by atoms with Gasteiger partial charge in [-0.2, -0.15) is 0 Å². The molecule has 0 spiro atoms. The zero-order chi connectivity index (χ0) is 16.8. The van der Waals surface area contributed by atoms with E-state index in [-0.39, 0.29) is 5.82 Å². The van der Waals surface area contributed by atoms with Crippen molar-refractivity contribution in [3.05, 3.63) is 102 Å². The first-order chi connectivity index (χ1) is 11.6. The molecule has 0 fully saturated rings. The summed E-state index contributed by atoms with van der Waals surface area (Å²) >= 11 is 0. The molecule has 3 heteroatoms. The van der Waals surface area contributed by atoms with Gasteiger partial charge in [-0.05, 0) is 35.4 Å². The first kappa shape index (κ1) is 16.5. The van der Waals surface area contributed by atoms with Crippen molar-refractivity contribution in [1.29, 1.82) is 0 Å². The van der Waals surface area contributed by atoms with Crippen LogP contribution in [0.15, 0.2) is 84.9 Å². The van der Waals surface area contributed by atoms with E-state index < -0.39 is 7.11 Å². The summed E-state index contributed by atoms with van der Waals surface area (Å²) in [5.41, 5.74) is 2.26. The Morgan fingerprint density at radius 2 is 1.21 bits per heavy atom. The molecular weight excluding hydrogens is 318 g/mol. The van der Waals surface area contributed by atoms with Gasteiger partial charge in [0.15, 0.2) is 0 Å². The van der Waals surface area contributed by atoms with Crippen LogP contribution in [-0.4, -0.2) is 6.30 Å². The highest BCUT2D eigenvalue weighted by molar-refractivity contribution is 7.68. The second-order valence-electron chi connectivity index (χ2n) is 5.89. The average Bonchev–Trinajstić information content (AvgIpc) is 2.58. The van der Waals surface area contributed by atoms with Gasteiger partial charge >= 0.3 is 0 Å². The van der Waals surface area contributed by atoms with Crippen molar-refractivity contribution >= 4 is 13.4 Å². The van der Waals surface area contributed by atoms with Gasteiger partial charge in [0.1, 0.15) is 11.6 Å². The van der Waals surface area contributed by atoms with E-state index in [1.165, 1.54) is 17.7 Å². The number of rotatable bonds is 6. The molecule has 3 aromatic carbocycles. The van der Waals surface area contributed by atoms with E-state index in [1.807, 2.05) is 60.7 Å². The fourth-order valence-corrected chi connectivity index (χ4v) is 5.23. The van der Waals surface area contributed by atoms with Crippen molar-refractivity contribution in [1.82, 2.24) is 0 Å². The molecule has 0 saturated carbocycles. The third-order valence-electron chi connectivity index (χ3n) is 3.74. The smallest absolute Gasteiger partial charge is 0.123 e. The molecule has 0 N–H and O–H groups in total. The van der Waals surface area contributed by atoms with Gasteiger partial charge in [-0.15, -0.1) is 0 Å². The summed E-state index contributed by atoms with van der Waals surface area (Å²) in [6, 6.07) is 26.7. The average molecular weight is 338 g/mol. The van der Waals surface area contributed by atoms with Crippen molar-refractivity contribution < 1.29 is 8.91 Å². The maximum Gasteiger partial charge on any atom is 0.123 e. The summed E-state index contributed by atoms with van der Waals surface area (Å²) in [5, 5.41) is 0. The summed E-state index contributed by atoms with van der Waals surface area (Å²) in [4.78, 5) is 0. The molecule has 1 nitrogen and oxygen atoms in total. The normalized spacial score (nSPS) is 13.2. The molecule has 1 unspecified atom stereocenters. The Morgan fingerprint density at radius 3 is 1.79 bits per heavy atom. The van der Waals surface area contributed by atoms with Crippen LogP contribution in [0.3, 0.4) is 0 Å². The van der Waals surface area contributed by atoms with E-state index in [1.54, 1.807) is 0 Å². The molecule has 0 heterocycles. The van der Waals surface area contributed by atoms with Crippen LogP contribution in [0.4, 0.5) is 4.39 Å². The third-order valence-corrected chi connectivity index (χ3v) is 6.22. The second kappa shape index (κ2) is 7.51. The Kier molecular flexibility index (Phi) is 5.17. The van der Waals surface area contributed by atoms with E-state index in [0.717, 1.165) is 17.5 Å². The Hall–Kier alpha value is -2.31. The number of hydrogen-bond acceptors (Lipinski definition) is 1. The van der Waals surface area contributed by atoms with Crippen molar-refractivity contribution in [3.63, 3.8) is 0 Å². The largest absolute Gasteiger partial charge is 0.477 e. The molecule has 1 atom stereocenters. The maximum atomic E-state index is 13.2. The Balaban J connectivity index is 1.87. The van der Waals surface area contributed by atoms with Gasteiger partial charge in [0.2, 0.25) is 0 Å². The van der Waals surface area contributed by atoms with E-state index >= 15 is 0 Å². The summed E-state index contributed by atoms with van der Waals surface area (Å²) < 4.78 is 19.5. The van der Waals surface area contributed by atoms with Gasteiger partial charge in [0, 0.05) is 12.3 Å². The molecule has 0 aliphatic rings. The first-order valence-electron chi connectivity index (χ1n) is 7.87. The minimum atomic E-state index is -2.02. The van der Waals surface area contributed by atoms with E-state index in [0.29, 0.717) is 6.16 Å². The molecule has 3 rings (SSSR count). The number of benzene rings is 3. The van der Waals surface area contributed by atoms with Crippen LogP contribution < -0.4 is 4.52 Å². The van der Waals surface area contributed by atoms with Crippen LogP contribution in [-0.2, 0) is 12.3 Å². The zero-order valence-electron chi connectivity index (χ0n) is 13.4. The number of para-hydroxylation sites is 1. The van der Waals surface area contributed by atoms with Crippen LogP contribution in [0.2, 0.25) is 0 Å². The minimum Gasteiger partial charge on any atom is -0.477 e. The number of halogens is 1. The zero-order valence-corrected chi connectivity index (χ0v) is 14.3. The summed E-state index contributed by atoms with van der Waals surface area (Å²) in [7, 11) is -2.02. The van der Waals surface area contributed by atoms with Gasteiger partial charge in [0.25, 0.3) is 0 Å². The van der Waals surface area contributed by atoms with Crippen molar-refractivity contribution in [2.45, 2.75) is 12.3 Å².